The fourth-order valence-corrected chi connectivity index (χ4v) is 1.08. The Balaban J connectivity index is 4.24. The van der Waals surface area contributed by atoms with Crippen LogP contribution in [0.4, 0.5) is 4.79 Å². The van der Waals surface area contributed by atoms with Crippen molar-refractivity contribution in [1.82, 2.24) is 5.32 Å². The molecule has 6 nitrogen and oxygen atoms in total. The topological polar surface area (TPSA) is 113 Å². The third kappa shape index (κ3) is 4.08. The van der Waals surface area contributed by atoms with E-state index in [4.69, 9.17) is 15.9 Å². The Labute approximate surface area is 82.1 Å². The first-order valence-corrected chi connectivity index (χ1v) is 4.37. The Kier molecular flexibility index (Phi) is 4.93. The summed E-state index contributed by atoms with van der Waals surface area (Å²) < 4.78 is 0. The van der Waals surface area contributed by atoms with E-state index in [1.807, 2.05) is 5.32 Å². The molecule has 0 saturated carbocycles. The van der Waals surface area contributed by atoms with E-state index >= 15 is 0 Å². The number of carboxylic acids is 1. The lowest BCUT2D eigenvalue weighted by Crippen LogP contribution is -2.51. The van der Waals surface area contributed by atoms with Gasteiger partial charge in [0.1, 0.15) is 5.54 Å². The molecule has 0 aliphatic heterocycles. The van der Waals surface area contributed by atoms with Crippen molar-refractivity contribution in [2.24, 2.45) is 5.73 Å². The van der Waals surface area contributed by atoms with Crippen molar-refractivity contribution >= 4 is 12.1 Å². The predicted octanol–water partition coefficient (Wildman–Crippen LogP) is 0.226. The quantitative estimate of drug-likeness (QED) is 0.462. The number of carboxylic acid groups (broad SMARTS) is 2. The van der Waals surface area contributed by atoms with Gasteiger partial charge in [-0.2, -0.15) is 0 Å². The van der Waals surface area contributed by atoms with Gasteiger partial charge in [0.05, 0.1) is 0 Å². The van der Waals surface area contributed by atoms with E-state index in [1.54, 1.807) is 0 Å². The molecule has 0 aromatic heterocycles. The minimum absolute atomic E-state index is 0.242. The molecule has 0 aliphatic rings. The summed E-state index contributed by atoms with van der Waals surface area (Å²) in [7, 11) is 0. The molecular formula is C8H16N2O4. The molecule has 0 saturated heterocycles. The summed E-state index contributed by atoms with van der Waals surface area (Å²) in [5.41, 5.74) is 3.84. The molecule has 0 bridgehead atoms. The number of hydrogen-bond donors (Lipinski definition) is 4. The summed E-state index contributed by atoms with van der Waals surface area (Å²) in [4.78, 5) is 21.1. The second-order valence-electron chi connectivity index (χ2n) is 3.31. The van der Waals surface area contributed by atoms with Gasteiger partial charge in [-0.25, -0.2) is 9.59 Å². The fraction of sp³-hybridized carbons (Fsp3) is 0.750. The van der Waals surface area contributed by atoms with Crippen LogP contribution in [0.25, 0.3) is 0 Å². The van der Waals surface area contributed by atoms with E-state index in [0.717, 1.165) is 0 Å². The monoisotopic (exact) mass is 204 g/mol. The second kappa shape index (κ2) is 5.43. The Morgan fingerprint density at radius 2 is 1.93 bits per heavy atom. The lowest BCUT2D eigenvalue weighted by atomic mass is 9.95. The number of nitrogens with one attached hydrogen (secondary N) is 1. The molecule has 14 heavy (non-hydrogen) atoms. The van der Waals surface area contributed by atoms with E-state index in [1.165, 1.54) is 6.92 Å². The molecule has 0 spiro atoms. The molecule has 0 aromatic carbocycles. The van der Waals surface area contributed by atoms with Crippen LogP contribution in [0.15, 0.2) is 0 Å². The summed E-state index contributed by atoms with van der Waals surface area (Å²) in [6.45, 7) is 1.82. The van der Waals surface area contributed by atoms with Gasteiger partial charge in [0, 0.05) is 0 Å². The molecular weight excluding hydrogens is 188 g/mol. The van der Waals surface area contributed by atoms with E-state index in [9.17, 15) is 9.59 Å². The van der Waals surface area contributed by atoms with E-state index in [2.05, 4.69) is 0 Å². The van der Waals surface area contributed by atoms with Crippen LogP contribution in [0.3, 0.4) is 0 Å². The zero-order valence-electron chi connectivity index (χ0n) is 8.12. The average molecular weight is 204 g/mol. The van der Waals surface area contributed by atoms with Gasteiger partial charge in [0.2, 0.25) is 0 Å². The van der Waals surface area contributed by atoms with Crippen molar-refractivity contribution in [3.63, 3.8) is 0 Å². The van der Waals surface area contributed by atoms with Gasteiger partial charge in [0.15, 0.2) is 0 Å². The predicted molar refractivity (Wildman–Crippen MR) is 50.1 cm³/mol. The molecule has 0 heterocycles. The third-order valence-corrected chi connectivity index (χ3v) is 1.99. The van der Waals surface area contributed by atoms with Crippen molar-refractivity contribution in [3.05, 3.63) is 0 Å². The average Bonchev–Trinajstić information content (AvgIpc) is 2.03. The largest absolute Gasteiger partial charge is 0.480 e. The molecule has 0 radical (unpaired) electrons. The van der Waals surface area contributed by atoms with Crippen molar-refractivity contribution in [1.29, 1.82) is 0 Å². The minimum Gasteiger partial charge on any atom is -0.480 e. The molecule has 0 aliphatic carbocycles. The van der Waals surface area contributed by atoms with Gasteiger partial charge in [-0.1, -0.05) is 0 Å². The van der Waals surface area contributed by atoms with Crippen molar-refractivity contribution < 1.29 is 19.8 Å². The van der Waals surface area contributed by atoms with E-state index in [0.29, 0.717) is 19.4 Å². The van der Waals surface area contributed by atoms with Crippen LogP contribution in [0.5, 0.6) is 0 Å². The summed E-state index contributed by atoms with van der Waals surface area (Å²) in [5, 5.41) is 19.3. The number of aliphatic carboxylic acids is 1. The maximum absolute atomic E-state index is 10.8. The summed E-state index contributed by atoms with van der Waals surface area (Å²) in [6.07, 6.45) is 0.179. The SMILES string of the molecule is C[C@@](CCCCN)(NC(=O)O)C(=O)O. The van der Waals surface area contributed by atoms with Gasteiger partial charge in [0.25, 0.3) is 0 Å². The van der Waals surface area contributed by atoms with Crippen LogP contribution in [0.1, 0.15) is 26.2 Å². The number of unbranched alkanes of at least 4 members (excludes halogenated alkanes) is 1. The highest BCUT2D eigenvalue weighted by molar-refractivity contribution is 5.83. The van der Waals surface area contributed by atoms with Gasteiger partial charge in [-0.05, 0) is 32.7 Å². The van der Waals surface area contributed by atoms with Crippen LogP contribution >= 0.6 is 0 Å². The Hall–Kier alpha value is -1.30. The standard InChI is InChI=1S/C8H16N2O4/c1-8(6(11)12,10-7(13)14)4-2-3-5-9/h10H,2-5,9H2,1H3,(H,11,12)(H,13,14)/t8-/m0/s1. The van der Waals surface area contributed by atoms with Gasteiger partial charge in [-0.3, -0.25) is 0 Å². The number of hydrogen-bond acceptors (Lipinski definition) is 3. The van der Waals surface area contributed by atoms with Crippen LogP contribution in [0, 0.1) is 0 Å². The van der Waals surface area contributed by atoms with Crippen LogP contribution in [-0.2, 0) is 4.79 Å². The number of nitrogens with two attached hydrogens (primary N) is 1. The summed E-state index contributed by atoms with van der Waals surface area (Å²) in [5.74, 6) is -1.17. The number of rotatable bonds is 6. The molecule has 6 heteroatoms. The molecule has 0 unspecified atom stereocenters. The molecule has 0 aromatic rings. The summed E-state index contributed by atoms with van der Waals surface area (Å²) >= 11 is 0. The highest BCUT2D eigenvalue weighted by atomic mass is 16.4. The zero-order valence-corrected chi connectivity index (χ0v) is 8.12. The third-order valence-electron chi connectivity index (χ3n) is 1.99. The minimum atomic E-state index is -1.42. The van der Waals surface area contributed by atoms with Crippen molar-refractivity contribution in [3.8, 4) is 0 Å². The normalized spacial score (nSPS) is 14.4. The Morgan fingerprint density at radius 1 is 1.36 bits per heavy atom. The molecule has 1 atom stereocenters. The maximum atomic E-state index is 10.8. The van der Waals surface area contributed by atoms with Gasteiger partial charge < -0.3 is 21.3 Å². The van der Waals surface area contributed by atoms with Crippen molar-refractivity contribution in [2.45, 2.75) is 31.7 Å². The first kappa shape index (κ1) is 12.7. The highest BCUT2D eigenvalue weighted by Crippen LogP contribution is 2.13. The number of amides is 1. The Bertz CT molecular complexity index is 219. The number of carbonyl (C=O) groups is 2. The van der Waals surface area contributed by atoms with Crippen molar-refractivity contribution in [2.75, 3.05) is 6.54 Å². The molecule has 0 fully saturated rings. The molecule has 82 valence electrons. The maximum Gasteiger partial charge on any atom is 0.405 e. The Morgan fingerprint density at radius 3 is 2.29 bits per heavy atom. The lowest BCUT2D eigenvalue weighted by molar-refractivity contribution is -0.144. The van der Waals surface area contributed by atoms with Crippen LogP contribution in [0.2, 0.25) is 0 Å². The smallest absolute Gasteiger partial charge is 0.405 e. The first-order valence-electron chi connectivity index (χ1n) is 4.37. The molecule has 0 rings (SSSR count). The van der Waals surface area contributed by atoms with Crippen LogP contribution < -0.4 is 11.1 Å². The first-order chi connectivity index (χ1) is 6.42. The lowest BCUT2D eigenvalue weighted by Gasteiger charge is -2.24. The summed E-state index contributed by atoms with van der Waals surface area (Å²) in [6, 6.07) is 0. The van der Waals surface area contributed by atoms with Crippen LogP contribution in [-0.4, -0.2) is 34.4 Å². The highest BCUT2D eigenvalue weighted by Gasteiger charge is 2.33. The fourth-order valence-electron chi connectivity index (χ4n) is 1.08. The van der Waals surface area contributed by atoms with E-state index in [-0.39, 0.29) is 6.42 Å². The molecule has 5 N–H and O–H groups in total. The zero-order chi connectivity index (χ0) is 11.2. The van der Waals surface area contributed by atoms with E-state index < -0.39 is 17.6 Å². The second-order valence-corrected chi connectivity index (χ2v) is 3.31. The van der Waals surface area contributed by atoms with Gasteiger partial charge >= 0.3 is 12.1 Å². The van der Waals surface area contributed by atoms with Gasteiger partial charge in [-0.15, -0.1) is 0 Å². The molecule has 1 amide bonds.